The Labute approximate surface area is 156 Å². The summed E-state index contributed by atoms with van der Waals surface area (Å²) in [6, 6.07) is 17.3. The quantitative estimate of drug-likeness (QED) is 0.575. The normalized spacial score (nSPS) is 10.9. The predicted octanol–water partition coefficient (Wildman–Crippen LogP) is 4.31. The molecule has 0 spiro atoms. The third-order valence-corrected chi connectivity index (χ3v) is 4.49. The third-order valence-electron chi connectivity index (χ3n) is 4.49. The summed E-state index contributed by atoms with van der Waals surface area (Å²) in [6.07, 6.45) is 1.61. The zero-order chi connectivity index (χ0) is 18.8. The molecule has 2 heterocycles. The zero-order valence-electron chi connectivity index (χ0n) is 15.1. The average Bonchev–Trinajstić information content (AvgIpc) is 3.29. The summed E-state index contributed by atoms with van der Waals surface area (Å²) in [5.74, 6) is 1.27. The predicted molar refractivity (Wildman–Crippen MR) is 103 cm³/mol. The summed E-state index contributed by atoms with van der Waals surface area (Å²) in [6.45, 7) is 2.13. The summed E-state index contributed by atoms with van der Waals surface area (Å²) < 4.78 is 13.2. The lowest BCUT2D eigenvalue weighted by molar-refractivity contribution is 0.0992. The topological polar surface area (TPSA) is 69.3 Å². The van der Waals surface area contributed by atoms with E-state index in [1.54, 1.807) is 23.0 Å². The molecule has 2 aromatic carbocycles. The van der Waals surface area contributed by atoms with Gasteiger partial charge in [-0.3, -0.25) is 9.48 Å². The van der Waals surface area contributed by atoms with Crippen LogP contribution in [0.5, 0.6) is 5.75 Å². The number of aryl methyl sites for hydroxylation is 1. The summed E-state index contributed by atoms with van der Waals surface area (Å²) in [5, 5.41) is 9.06. The summed E-state index contributed by atoms with van der Waals surface area (Å²) in [4.78, 5) is 12.4. The number of carbonyl (C=O) groups is 1. The maximum Gasteiger partial charge on any atom is 0.291 e. The molecule has 0 saturated carbocycles. The Bertz CT molecular complexity index is 1110. The third kappa shape index (κ3) is 3.42. The Balaban J connectivity index is 1.45. The van der Waals surface area contributed by atoms with Gasteiger partial charge in [0.25, 0.3) is 5.91 Å². The van der Waals surface area contributed by atoms with Crippen LogP contribution in [0.15, 0.2) is 65.2 Å². The Kier molecular flexibility index (Phi) is 4.38. The number of ether oxygens (including phenoxy) is 1. The van der Waals surface area contributed by atoms with Crippen LogP contribution in [0, 0.1) is 6.92 Å². The standard InChI is InChI=1S/C21H19N3O3/c1-14-18(12-22-24(14)2)23-21(25)20-11-10-16(27-20)13-26-19-9-5-7-15-6-3-4-8-17(15)19/h3-12H,13H2,1-2H3,(H,23,25). The van der Waals surface area contributed by atoms with Crippen molar-refractivity contribution in [3.05, 3.63) is 78.0 Å². The number of rotatable bonds is 5. The molecule has 6 heteroatoms. The van der Waals surface area contributed by atoms with Crippen molar-refractivity contribution in [2.24, 2.45) is 7.05 Å². The number of nitrogens with one attached hydrogen (secondary N) is 1. The molecular weight excluding hydrogens is 342 g/mol. The molecular formula is C21H19N3O3. The fourth-order valence-corrected chi connectivity index (χ4v) is 2.85. The Morgan fingerprint density at radius 2 is 1.96 bits per heavy atom. The molecule has 6 nitrogen and oxygen atoms in total. The summed E-state index contributed by atoms with van der Waals surface area (Å²) in [5.41, 5.74) is 1.53. The lowest BCUT2D eigenvalue weighted by atomic mass is 10.1. The van der Waals surface area contributed by atoms with E-state index >= 15 is 0 Å². The van der Waals surface area contributed by atoms with Gasteiger partial charge in [0.15, 0.2) is 5.76 Å². The second-order valence-corrected chi connectivity index (χ2v) is 6.25. The number of aromatic nitrogens is 2. The van der Waals surface area contributed by atoms with Crippen molar-refractivity contribution in [2.75, 3.05) is 5.32 Å². The van der Waals surface area contributed by atoms with Crippen molar-refractivity contribution < 1.29 is 13.9 Å². The van der Waals surface area contributed by atoms with Crippen molar-refractivity contribution in [1.29, 1.82) is 0 Å². The molecule has 27 heavy (non-hydrogen) atoms. The first-order valence-corrected chi connectivity index (χ1v) is 8.61. The van der Waals surface area contributed by atoms with Gasteiger partial charge in [-0.25, -0.2) is 0 Å². The van der Waals surface area contributed by atoms with Gasteiger partial charge in [0.1, 0.15) is 18.1 Å². The fraction of sp³-hybridized carbons (Fsp3) is 0.143. The van der Waals surface area contributed by atoms with Gasteiger partial charge in [0, 0.05) is 12.4 Å². The Hall–Kier alpha value is -3.54. The van der Waals surface area contributed by atoms with E-state index < -0.39 is 0 Å². The smallest absolute Gasteiger partial charge is 0.291 e. The Morgan fingerprint density at radius 1 is 1.15 bits per heavy atom. The molecule has 1 N–H and O–H groups in total. The van der Waals surface area contributed by atoms with Crippen molar-refractivity contribution in [1.82, 2.24) is 9.78 Å². The minimum absolute atomic E-state index is 0.231. The van der Waals surface area contributed by atoms with E-state index in [-0.39, 0.29) is 18.3 Å². The van der Waals surface area contributed by atoms with Crippen molar-refractivity contribution in [2.45, 2.75) is 13.5 Å². The van der Waals surface area contributed by atoms with Crippen LogP contribution >= 0.6 is 0 Å². The molecule has 4 aromatic rings. The molecule has 0 aliphatic carbocycles. The van der Waals surface area contributed by atoms with Gasteiger partial charge in [-0.05, 0) is 30.5 Å². The van der Waals surface area contributed by atoms with Gasteiger partial charge in [-0.2, -0.15) is 5.10 Å². The molecule has 0 unspecified atom stereocenters. The summed E-state index contributed by atoms with van der Waals surface area (Å²) in [7, 11) is 1.82. The maximum absolute atomic E-state index is 12.4. The van der Waals surface area contributed by atoms with E-state index in [2.05, 4.69) is 10.4 Å². The second kappa shape index (κ2) is 6.99. The van der Waals surface area contributed by atoms with Crippen molar-refractivity contribution in [3.63, 3.8) is 0 Å². The zero-order valence-corrected chi connectivity index (χ0v) is 15.1. The molecule has 0 atom stereocenters. The van der Waals surface area contributed by atoms with Gasteiger partial charge in [-0.1, -0.05) is 36.4 Å². The van der Waals surface area contributed by atoms with Crippen LogP contribution in [-0.4, -0.2) is 15.7 Å². The van der Waals surface area contributed by atoms with Crippen LogP contribution in [0.1, 0.15) is 22.0 Å². The molecule has 0 bridgehead atoms. The van der Waals surface area contributed by atoms with Crippen LogP contribution in [0.4, 0.5) is 5.69 Å². The monoisotopic (exact) mass is 361 g/mol. The van der Waals surface area contributed by atoms with Crippen LogP contribution in [0.2, 0.25) is 0 Å². The average molecular weight is 361 g/mol. The molecule has 4 rings (SSSR count). The molecule has 1 amide bonds. The fourth-order valence-electron chi connectivity index (χ4n) is 2.85. The van der Waals surface area contributed by atoms with E-state index in [4.69, 9.17) is 9.15 Å². The highest BCUT2D eigenvalue weighted by molar-refractivity contribution is 6.02. The van der Waals surface area contributed by atoms with Gasteiger partial charge >= 0.3 is 0 Å². The van der Waals surface area contributed by atoms with Crippen LogP contribution in [-0.2, 0) is 13.7 Å². The SMILES string of the molecule is Cc1c(NC(=O)c2ccc(COc3cccc4ccccc34)o2)cnn1C. The second-order valence-electron chi connectivity index (χ2n) is 6.25. The van der Waals surface area contributed by atoms with E-state index in [1.165, 1.54) is 0 Å². The van der Waals surface area contributed by atoms with Crippen LogP contribution in [0.3, 0.4) is 0 Å². The first-order valence-electron chi connectivity index (χ1n) is 8.61. The molecule has 0 radical (unpaired) electrons. The number of benzene rings is 2. The first kappa shape index (κ1) is 16.9. The maximum atomic E-state index is 12.4. The van der Waals surface area contributed by atoms with E-state index in [0.717, 1.165) is 22.2 Å². The minimum Gasteiger partial charge on any atom is -0.485 e. The van der Waals surface area contributed by atoms with E-state index in [9.17, 15) is 4.79 Å². The van der Waals surface area contributed by atoms with Crippen LogP contribution < -0.4 is 10.1 Å². The van der Waals surface area contributed by atoms with Gasteiger partial charge in [-0.15, -0.1) is 0 Å². The number of hydrogen-bond acceptors (Lipinski definition) is 4. The number of carbonyl (C=O) groups excluding carboxylic acids is 1. The van der Waals surface area contributed by atoms with Crippen molar-refractivity contribution >= 4 is 22.4 Å². The Morgan fingerprint density at radius 3 is 2.78 bits per heavy atom. The molecule has 0 fully saturated rings. The lowest BCUT2D eigenvalue weighted by Crippen LogP contribution is -2.11. The number of hydrogen-bond donors (Lipinski definition) is 1. The van der Waals surface area contributed by atoms with Crippen molar-refractivity contribution in [3.8, 4) is 5.75 Å². The summed E-state index contributed by atoms with van der Waals surface area (Å²) >= 11 is 0. The molecule has 0 saturated heterocycles. The van der Waals surface area contributed by atoms with E-state index in [1.807, 2.05) is 56.4 Å². The number of furan rings is 1. The number of amides is 1. The van der Waals surface area contributed by atoms with Gasteiger partial charge < -0.3 is 14.5 Å². The highest BCUT2D eigenvalue weighted by atomic mass is 16.5. The lowest BCUT2D eigenvalue weighted by Gasteiger charge is -2.08. The van der Waals surface area contributed by atoms with E-state index in [0.29, 0.717) is 11.4 Å². The van der Waals surface area contributed by atoms with Gasteiger partial charge in [0.05, 0.1) is 17.6 Å². The largest absolute Gasteiger partial charge is 0.485 e. The molecule has 2 aromatic heterocycles. The number of anilines is 1. The molecule has 0 aliphatic heterocycles. The molecule has 136 valence electrons. The van der Waals surface area contributed by atoms with Crippen LogP contribution in [0.25, 0.3) is 10.8 Å². The molecule has 0 aliphatic rings. The first-order chi connectivity index (χ1) is 13.1. The van der Waals surface area contributed by atoms with Gasteiger partial charge in [0.2, 0.25) is 0 Å². The minimum atomic E-state index is -0.317. The highest BCUT2D eigenvalue weighted by Crippen LogP contribution is 2.26. The highest BCUT2D eigenvalue weighted by Gasteiger charge is 2.14. The number of fused-ring (bicyclic) bond motifs is 1. The number of nitrogens with zero attached hydrogens (tertiary/aromatic N) is 2.